The number of likely N-dealkylation sites (tertiary alicyclic amines) is 1. The molecule has 2 aromatic carbocycles. The molecule has 0 aliphatic carbocycles. The number of aromatic nitrogens is 1. The van der Waals surface area contributed by atoms with Gasteiger partial charge in [0.15, 0.2) is 0 Å². The Kier molecular flexibility index (Phi) is 6.27. The third kappa shape index (κ3) is 4.85. The van der Waals surface area contributed by atoms with Crippen LogP contribution < -0.4 is 10.0 Å². The lowest BCUT2D eigenvalue weighted by atomic mass is 10.0. The number of halogens is 3. The van der Waals surface area contributed by atoms with Crippen LogP contribution in [0.2, 0.25) is 0 Å². The van der Waals surface area contributed by atoms with Crippen molar-refractivity contribution < 1.29 is 13.2 Å². The van der Waals surface area contributed by atoms with Gasteiger partial charge in [0.25, 0.3) is 0 Å². The molecule has 2 heterocycles. The fourth-order valence-electron chi connectivity index (χ4n) is 3.03. The molecule has 0 bridgehead atoms. The van der Waals surface area contributed by atoms with E-state index >= 15 is 0 Å². The molecule has 9 heteroatoms. The predicted octanol–water partition coefficient (Wildman–Crippen LogP) is 5.50. The number of benzene rings is 2. The van der Waals surface area contributed by atoms with E-state index < -0.39 is 11.6 Å². The molecule has 1 aliphatic heterocycles. The van der Waals surface area contributed by atoms with Gasteiger partial charge in [0.2, 0.25) is 0 Å². The predicted molar refractivity (Wildman–Crippen MR) is 112 cm³/mol. The Morgan fingerprint density at radius 3 is 2.55 bits per heavy atom. The van der Waals surface area contributed by atoms with Crippen molar-refractivity contribution >= 4 is 34.8 Å². The molecule has 0 radical (unpaired) electrons. The van der Waals surface area contributed by atoms with E-state index in [0.29, 0.717) is 23.6 Å². The summed E-state index contributed by atoms with van der Waals surface area (Å²) in [6.07, 6.45) is 1.13. The Morgan fingerprint density at radius 1 is 1.10 bits per heavy atom. The first kappa shape index (κ1) is 20.1. The third-order valence-corrected chi connectivity index (χ3v) is 6.21. The van der Waals surface area contributed by atoms with E-state index in [1.165, 1.54) is 29.5 Å². The summed E-state index contributed by atoms with van der Waals surface area (Å²) >= 11 is 2.22. The van der Waals surface area contributed by atoms with Gasteiger partial charge < -0.3 is 10.0 Å². The lowest BCUT2D eigenvalue weighted by Crippen LogP contribution is -2.36. The highest BCUT2D eigenvalue weighted by Crippen LogP contribution is 2.29. The quantitative estimate of drug-likeness (QED) is 0.457. The molecule has 0 unspecified atom stereocenters. The average Bonchev–Trinajstić information content (AvgIpc) is 3.17. The molecule has 0 atom stereocenters. The van der Waals surface area contributed by atoms with Gasteiger partial charge in [-0.1, -0.05) is 12.1 Å². The minimum atomic E-state index is -0.680. The minimum absolute atomic E-state index is 0.132. The van der Waals surface area contributed by atoms with Crippen LogP contribution in [0.15, 0.2) is 46.1 Å². The number of hydrogen-bond acceptors (Lipinski definition) is 6. The monoisotopic (exact) mass is 436 g/mol. The van der Waals surface area contributed by atoms with Gasteiger partial charge in [-0.05, 0) is 55.2 Å². The van der Waals surface area contributed by atoms with Gasteiger partial charge in [0, 0.05) is 29.7 Å². The highest BCUT2D eigenvalue weighted by Gasteiger charge is 2.18. The van der Waals surface area contributed by atoms with Gasteiger partial charge in [-0.2, -0.15) is 0 Å². The second-order valence-corrected chi connectivity index (χ2v) is 8.24. The first-order chi connectivity index (χ1) is 14.1. The van der Waals surface area contributed by atoms with Crippen LogP contribution >= 0.6 is 23.3 Å². The Hall–Kier alpha value is -2.23. The topological polar surface area (TPSA) is 40.2 Å². The maximum absolute atomic E-state index is 14.4. The number of rotatable bonds is 8. The van der Waals surface area contributed by atoms with Crippen molar-refractivity contribution in [3.63, 3.8) is 0 Å². The maximum Gasteiger partial charge on any atom is 0.147 e. The van der Waals surface area contributed by atoms with Crippen LogP contribution in [0.3, 0.4) is 0 Å². The molecule has 1 fully saturated rings. The van der Waals surface area contributed by atoms with Crippen molar-refractivity contribution in [3.05, 3.63) is 69.8 Å². The van der Waals surface area contributed by atoms with Crippen molar-refractivity contribution in [3.8, 4) is 0 Å². The van der Waals surface area contributed by atoms with Gasteiger partial charge in [-0.3, -0.25) is 4.90 Å². The summed E-state index contributed by atoms with van der Waals surface area (Å²) in [6.45, 7) is 2.75. The van der Waals surface area contributed by atoms with Crippen LogP contribution in [0.5, 0.6) is 0 Å². The molecule has 4 rings (SSSR count). The number of thiazole rings is 1. The molecule has 1 saturated heterocycles. The Morgan fingerprint density at radius 2 is 1.90 bits per heavy atom. The van der Waals surface area contributed by atoms with Crippen LogP contribution in [-0.2, 0) is 13.1 Å². The number of nitrogens with zero attached hydrogens (tertiary/aromatic N) is 2. The Labute approximate surface area is 175 Å². The molecule has 0 saturated carbocycles. The summed E-state index contributed by atoms with van der Waals surface area (Å²) in [6, 6.07) is 7.40. The molecule has 1 aromatic heterocycles. The van der Waals surface area contributed by atoms with E-state index in [9.17, 15) is 13.2 Å². The number of hydrogen-bond donors (Lipinski definition) is 2. The van der Waals surface area contributed by atoms with Crippen LogP contribution in [0.4, 0.5) is 24.7 Å². The van der Waals surface area contributed by atoms with Crippen LogP contribution in [0, 0.1) is 17.5 Å². The third-order valence-electron chi connectivity index (χ3n) is 4.72. The molecule has 1 aliphatic rings. The molecule has 2 N–H and O–H groups in total. The first-order valence-electron chi connectivity index (χ1n) is 9.13. The smallest absolute Gasteiger partial charge is 0.147 e. The summed E-state index contributed by atoms with van der Waals surface area (Å²) in [4.78, 5) is 6.05. The fourth-order valence-corrected chi connectivity index (χ4v) is 4.22. The molecule has 4 nitrogen and oxygen atoms in total. The van der Waals surface area contributed by atoms with Crippen molar-refractivity contribution in [2.75, 3.05) is 23.1 Å². The van der Waals surface area contributed by atoms with E-state index in [-0.39, 0.29) is 17.3 Å². The van der Waals surface area contributed by atoms with Crippen molar-refractivity contribution in [2.24, 2.45) is 0 Å². The normalized spacial score (nSPS) is 13.9. The highest BCUT2D eigenvalue weighted by atomic mass is 32.2. The zero-order valence-corrected chi connectivity index (χ0v) is 17.1. The minimum Gasteiger partial charge on any atom is -0.381 e. The second kappa shape index (κ2) is 9.06. The fraction of sp³-hybridized carbons (Fsp3) is 0.250. The molecule has 29 heavy (non-hydrogen) atoms. The van der Waals surface area contributed by atoms with E-state index in [1.54, 1.807) is 17.0 Å². The Bertz CT molecular complexity index is 955. The average molecular weight is 437 g/mol. The number of anilines is 2. The second-order valence-electron chi connectivity index (χ2n) is 6.71. The van der Waals surface area contributed by atoms with Gasteiger partial charge in [0.05, 0.1) is 5.51 Å². The molecular weight excluding hydrogens is 417 g/mol. The largest absolute Gasteiger partial charge is 0.381 e. The van der Waals surface area contributed by atoms with Gasteiger partial charge in [-0.25, -0.2) is 18.2 Å². The molecule has 3 aromatic rings. The molecule has 152 valence electrons. The summed E-state index contributed by atoms with van der Waals surface area (Å²) in [5.41, 5.74) is 3.34. The lowest BCUT2D eigenvalue weighted by Gasteiger charge is -2.31. The summed E-state index contributed by atoms with van der Waals surface area (Å²) in [5.74, 6) is -1.07. The van der Waals surface area contributed by atoms with Crippen molar-refractivity contribution in [2.45, 2.75) is 24.4 Å². The number of nitrogens with one attached hydrogen (secondary N) is 2. The standard InChI is InChI=1S/C20H19F3N4S2/c21-16-4-1-3-13(15(16)10-27-5-2-6-27)9-24-14-7-17(22)20(18(23)8-14)29-26-19-11-28-12-25-19/h1,3-4,7-8,11-12,24,26H,2,5-6,9-10H2. The SMILES string of the molecule is Fc1cccc(CNc2cc(F)c(SNc3cscn3)c(F)c2)c1CN1CCC1. The van der Waals surface area contributed by atoms with Crippen LogP contribution in [0.1, 0.15) is 17.5 Å². The van der Waals surface area contributed by atoms with Crippen LogP contribution in [0.25, 0.3) is 0 Å². The zero-order valence-electron chi connectivity index (χ0n) is 15.4. The summed E-state index contributed by atoms with van der Waals surface area (Å²) < 4.78 is 45.9. The van der Waals surface area contributed by atoms with E-state index in [4.69, 9.17) is 0 Å². The first-order valence-corrected chi connectivity index (χ1v) is 10.9. The van der Waals surface area contributed by atoms with E-state index in [1.807, 2.05) is 6.07 Å². The van der Waals surface area contributed by atoms with E-state index in [0.717, 1.165) is 37.0 Å². The maximum atomic E-state index is 14.4. The highest BCUT2D eigenvalue weighted by molar-refractivity contribution is 8.00. The lowest BCUT2D eigenvalue weighted by molar-refractivity contribution is 0.170. The van der Waals surface area contributed by atoms with E-state index in [2.05, 4.69) is 19.9 Å². The zero-order chi connectivity index (χ0) is 20.2. The molecule has 0 amide bonds. The van der Waals surface area contributed by atoms with Gasteiger partial charge in [0.1, 0.15) is 28.2 Å². The van der Waals surface area contributed by atoms with Crippen molar-refractivity contribution in [1.29, 1.82) is 0 Å². The summed E-state index contributed by atoms with van der Waals surface area (Å²) in [7, 11) is 0. The van der Waals surface area contributed by atoms with Crippen LogP contribution in [-0.4, -0.2) is 23.0 Å². The molecular formula is C20H19F3N4S2. The Balaban J connectivity index is 1.44. The van der Waals surface area contributed by atoms with Gasteiger partial charge in [-0.15, -0.1) is 11.3 Å². The van der Waals surface area contributed by atoms with Gasteiger partial charge >= 0.3 is 0 Å². The molecule has 0 spiro atoms. The summed E-state index contributed by atoms with van der Waals surface area (Å²) in [5, 5.41) is 4.76. The van der Waals surface area contributed by atoms with Crippen molar-refractivity contribution in [1.82, 2.24) is 9.88 Å².